The number of para-hydroxylation sites is 1. The molecule has 37 heavy (non-hydrogen) atoms. The van der Waals surface area contributed by atoms with Gasteiger partial charge in [-0.25, -0.2) is 14.1 Å². The summed E-state index contributed by atoms with van der Waals surface area (Å²) < 4.78 is 57.5. The van der Waals surface area contributed by atoms with Gasteiger partial charge in [0.05, 0.1) is 11.2 Å². The third-order valence-corrected chi connectivity index (χ3v) is 6.18. The molecular weight excluding hydrogens is 490 g/mol. The topological polar surface area (TPSA) is 88.0 Å². The lowest BCUT2D eigenvalue weighted by Crippen LogP contribution is -2.42. The second kappa shape index (κ2) is 9.87. The van der Waals surface area contributed by atoms with Gasteiger partial charge in [-0.1, -0.05) is 29.5 Å². The van der Waals surface area contributed by atoms with Gasteiger partial charge in [0.15, 0.2) is 11.4 Å². The maximum Gasteiger partial charge on any atom is 0.435 e. The molecule has 0 aliphatic carbocycles. The molecule has 0 saturated carbocycles. The second-order valence-electron chi connectivity index (χ2n) is 8.80. The van der Waals surface area contributed by atoms with Gasteiger partial charge in [0, 0.05) is 44.2 Å². The second-order valence-corrected chi connectivity index (χ2v) is 8.80. The number of benzene rings is 2. The Labute approximate surface area is 209 Å². The van der Waals surface area contributed by atoms with Crippen LogP contribution in [0.25, 0.3) is 16.6 Å². The molecule has 12 heteroatoms. The number of nitrogens with one attached hydrogen (secondary N) is 2. The summed E-state index contributed by atoms with van der Waals surface area (Å²) in [4.78, 5) is 19.3. The van der Waals surface area contributed by atoms with Crippen molar-refractivity contribution in [1.29, 1.82) is 0 Å². The van der Waals surface area contributed by atoms with Crippen LogP contribution in [0.1, 0.15) is 27.3 Å². The van der Waals surface area contributed by atoms with Crippen LogP contribution >= 0.6 is 0 Å². The van der Waals surface area contributed by atoms with E-state index in [0.717, 1.165) is 37.8 Å². The molecule has 1 aliphatic rings. The lowest BCUT2D eigenvalue weighted by molar-refractivity contribution is -0.143. The summed E-state index contributed by atoms with van der Waals surface area (Å²) >= 11 is 0. The average Bonchev–Trinajstić information content (AvgIpc) is 3.31. The van der Waals surface area contributed by atoms with Crippen molar-refractivity contribution in [1.82, 2.24) is 30.2 Å². The normalized spacial score (nSPS) is 14.7. The number of fused-ring (bicyclic) bond motifs is 1. The first-order valence-electron chi connectivity index (χ1n) is 11.6. The van der Waals surface area contributed by atoms with Crippen molar-refractivity contribution in [3.8, 4) is 5.69 Å². The Kier molecular flexibility index (Phi) is 6.61. The van der Waals surface area contributed by atoms with Gasteiger partial charge in [0.1, 0.15) is 11.6 Å². The Balaban J connectivity index is 1.42. The number of anilines is 1. The zero-order valence-corrected chi connectivity index (χ0v) is 19.8. The van der Waals surface area contributed by atoms with Gasteiger partial charge in [-0.15, -0.1) is 5.10 Å². The van der Waals surface area contributed by atoms with Gasteiger partial charge >= 0.3 is 6.18 Å². The number of carbonyl (C=O) groups excluding carboxylic acids is 1. The van der Waals surface area contributed by atoms with Crippen LogP contribution in [0.2, 0.25) is 0 Å². The van der Waals surface area contributed by atoms with Crippen molar-refractivity contribution in [3.63, 3.8) is 0 Å². The van der Waals surface area contributed by atoms with Crippen molar-refractivity contribution >= 4 is 22.6 Å². The van der Waals surface area contributed by atoms with E-state index in [9.17, 15) is 22.4 Å². The Bertz CT molecular complexity index is 1460. The number of piperazine rings is 1. The first-order valence-corrected chi connectivity index (χ1v) is 11.6. The van der Waals surface area contributed by atoms with E-state index in [1.165, 1.54) is 6.07 Å². The van der Waals surface area contributed by atoms with E-state index in [1.54, 1.807) is 37.3 Å². The lowest BCUT2D eigenvalue weighted by Gasteiger charge is -2.27. The number of hydrogen-bond donors (Lipinski definition) is 2. The van der Waals surface area contributed by atoms with Crippen LogP contribution in [-0.2, 0) is 12.7 Å². The van der Waals surface area contributed by atoms with E-state index < -0.39 is 29.3 Å². The standard InChI is InChI=1S/C25H23F4N7O/c1-15-4-2-3-5-20(15)36-23(25(27,28)29)22(33-34-36)24(37)32-21-13-18(26)17-12-16(6-7-19(17)31-21)14-35-10-8-30-9-11-35/h2-7,12-13,30H,8-11,14H2,1H3,(H,31,32,37). The molecule has 8 nitrogen and oxygen atoms in total. The summed E-state index contributed by atoms with van der Waals surface area (Å²) in [7, 11) is 0. The highest BCUT2D eigenvalue weighted by Gasteiger charge is 2.42. The van der Waals surface area contributed by atoms with Gasteiger partial charge < -0.3 is 10.6 Å². The molecule has 0 spiro atoms. The lowest BCUT2D eigenvalue weighted by atomic mass is 10.1. The van der Waals surface area contributed by atoms with Crippen LogP contribution in [-0.4, -0.2) is 57.0 Å². The molecule has 1 fully saturated rings. The van der Waals surface area contributed by atoms with E-state index in [-0.39, 0.29) is 22.4 Å². The zero-order valence-electron chi connectivity index (χ0n) is 19.8. The van der Waals surface area contributed by atoms with E-state index in [1.807, 2.05) is 6.07 Å². The molecule has 4 aromatic rings. The maximum atomic E-state index is 15.0. The van der Waals surface area contributed by atoms with Crippen LogP contribution in [0.3, 0.4) is 0 Å². The third-order valence-electron chi connectivity index (χ3n) is 6.18. The molecule has 2 aromatic carbocycles. The third kappa shape index (κ3) is 5.16. The van der Waals surface area contributed by atoms with E-state index in [2.05, 4.69) is 30.8 Å². The molecule has 3 heterocycles. The molecule has 2 N–H and O–H groups in total. The summed E-state index contributed by atoms with van der Waals surface area (Å²) in [6, 6.07) is 12.4. The van der Waals surface area contributed by atoms with Crippen LogP contribution in [0, 0.1) is 12.7 Å². The average molecular weight is 513 g/mol. The molecule has 0 unspecified atom stereocenters. The summed E-state index contributed by atoms with van der Waals surface area (Å²) in [6.45, 7) is 5.83. The summed E-state index contributed by atoms with van der Waals surface area (Å²) in [6.07, 6.45) is -4.93. The van der Waals surface area contributed by atoms with Crippen LogP contribution in [0.5, 0.6) is 0 Å². The van der Waals surface area contributed by atoms with E-state index in [0.29, 0.717) is 16.8 Å². The van der Waals surface area contributed by atoms with Crippen molar-refractivity contribution in [2.75, 3.05) is 31.5 Å². The number of rotatable bonds is 5. The maximum absolute atomic E-state index is 15.0. The molecule has 1 saturated heterocycles. The largest absolute Gasteiger partial charge is 0.435 e. The van der Waals surface area contributed by atoms with Gasteiger partial charge in [-0.2, -0.15) is 13.2 Å². The molecule has 5 rings (SSSR count). The highest BCUT2D eigenvalue weighted by atomic mass is 19.4. The predicted octanol–water partition coefficient (Wildman–Crippen LogP) is 3.94. The number of pyridine rings is 1. The minimum atomic E-state index is -4.93. The summed E-state index contributed by atoms with van der Waals surface area (Å²) in [5.41, 5.74) is -0.455. The SMILES string of the molecule is Cc1ccccc1-n1nnc(C(=O)Nc2cc(F)c3cc(CN4CCNCC4)ccc3n2)c1C(F)(F)F. The minimum Gasteiger partial charge on any atom is -0.314 e. The van der Waals surface area contributed by atoms with Gasteiger partial charge in [-0.05, 0) is 36.2 Å². The van der Waals surface area contributed by atoms with E-state index >= 15 is 0 Å². The number of aromatic nitrogens is 4. The molecule has 0 radical (unpaired) electrons. The fraction of sp³-hybridized carbons (Fsp3) is 0.280. The highest BCUT2D eigenvalue weighted by Crippen LogP contribution is 2.33. The van der Waals surface area contributed by atoms with Crippen LogP contribution in [0.4, 0.5) is 23.4 Å². The number of amides is 1. The number of carbonyl (C=O) groups is 1. The molecule has 1 amide bonds. The molecular formula is C25H23F4N7O. The molecule has 1 aliphatic heterocycles. The van der Waals surface area contributed by atoms with Gasteiger partial charge in [0.2, 0.25) is 0 Å². The first kappa shape index (κ1) is 24.8. The predicted molar refractivity (Wildman–Crippen MR) is 129 cm³/mol. The van der Waals surface area contributed by atoms with Gasteiger partial charge in [0.25, 0.3) is 5.91 Å². The van der Waals surface area contributed by atoms with Crippen LogP contribution < -0.4 is 10.6 Å². The molecule has 0 atom stereocenters. The quantitative estimate of drug-likeness (QED) is 0.393. The molecule has 2 aromatic heterocycles. The fourth-order valence-electron chi connectivity index (χ4n) is 4.36. The zero-order chi connectivity index (χ0) is 26.2. The van der Waals surface area contributed by atoms with E-state index in [4.69, 9.17) is 0 Å². The highest BCUT2D eigenvalue weighted by molar-refractivity contribution is 6.03. The monoisotopic (exact) mass is 513 g/mol. The summed E-state index contributed by atoms with van der Waals surface area (Å²) in [5, 5.41) is 12.9. The summed E-state index contributed by atoms with van der Waals surface area (Å²) in [5.74, 6) is -2.08. The van der Waals surface area contributed by atoms with Crippen molar-refractivity contribution in [3.05, 3.63) is 76.9 Å². The first-order chi connectivity index (χ1) is 17.7. The minimum absolute atomic E-state index is 0.132. The number of aryl methyl sites for hydroxylation is 1. The Morgan fingerprint density at radius 3 is 2.59 bits per heavy atom. The Morgan fingerprint density at radius 2 is 1.86 bits per heavy atom. The number of hydrogen-bond acceptors (Lipinski definition) is 6. The van der Waals surface area contributed by atoms with Crippen molar-refractivity contribution in [2.24, 2.45) is 0 Å². The molecule has 192 valence electrons. The molecule has 0 bridgehead atoms. The van der Waals surface area contributed by atoms with Crippen molar-refractivity contribution < 1.29 is 22.4 Å². The number of halogens is 4. The number of nitrogens with zero attached hydrogens (tertiary/aromatic N) is 5. The van der Waals surface area contributed by atoms with Crippen molar-refractivity contribution in [2.45, 2.75) is 19.6 Å². The fourth-order valence-corrected chi connectivity index (χ4v) is 4.36. The Hall–Kier alpha value is -3.90. The van der Waals surface area contributed by atoms with Crippen LogP contribution in [0.15, 0.2) is 48.5 Å². The van der Waals surface area contributed by atoms with Gasteiger partial charge in [-0.3, -0.25) is 9.69 Å². The number of alkyl halides is 3. The smallest absolute Gasteiger partial charge is 0.314 e. The Morgan fingerprint density at radius 1 is 1.11 bits per heavy atom.